The summed E-state index contributed by atoms with van der Waals surface area (Å²) in [7, 11) is 0. The van der Waals surface area contributed by atoms with E-state index < -0.39 is 17.9 Å². The number of rotatable bonds is 11. The molecule has 1 N–H and O–H groups in total. The smallest absolute Gasteiger partial charge is 0.292 e. The van der Waals surface area contributed by atoms with Crippen molar-refractivity contribution in [2.45, 2.75) is 103 Å². The van der Waals surface area contributed by atoms with Crippen LogP contribution in [0.5, 0.6) is 0 Å². The highest BCUT2D eigenvalue weighted by Gasteiger charge is 2.39. The number of nitrogens with one attached hydrogen (secondary N) is 1. The van der Waals surface area contributed by atoms with Crippen molar-refractivity contribution >= 4 is 34.6 Å². The average molecular weight is 710 g/mol. The quantitative estimate of drug-likeness (QED) is 0.200. The van der Waals surface area contributed by atoms with E-state index in [-0.39, 0.29) is 36.7 Å². The lowest BCUT2D eigenvalue weighted by Crippen LogP contribution is -2.59. The Labute approximate surface area is 305 Å². The molecule has 1 saturated heterocycles. The summed E-state index contributed by atoms with van der Waals surface area (Å²) in [5.41, 5.74) is 4.07. The van der Waals surface area contributed by atoms with E-state index in [2.05, 4.69) is 44.3 Å². The van der Waals surface area contributed by atoms with Crippen molar-refractivity contribution in [2.75, 3.05) is 13.1 Å². The van der Waals surface area contributed by atoms with Gasteiger partial charge in [-0.05, 0) is 78.5 Å². The second kappa shape index (κ2) is 16.1. The molecule has 2 atom stereocenters. The molecule has 1 saturated carbocycles. The lowest BCUT2D eigenvalue weighted by atomic mass is 9.70. The van der Waals surface area contributed by atoms with Crippen molar-refractivity contribution in [3.63, 3.8) is 0 Å². The van der Waals surface area contributed by atoms with Crippen LogP contribution < -0.4 is 5.32 Å². The minimum atomic E-state index is -0.848. The molecule has 0 spiro atoms. The number of allylic oxidation sites excluding steroid dienone is 2. The molecule has 2 fully saturated rings. The molecule has 0 radical (unpaired) electrons. The van der Waals surface area contributed by atoms with E-state index in [1.54, 1.807) is 6.07 Å². The summed E-state index contributed by atoms with van der Waals surface area (Å²) >= 11 is 1.41. The average Bonchev–Trinajstić information content (AvgIpc) is 3.64. The van der Waals surface area contributed by atoms with Gasteiger partial charge < -0.3 is 10.2 Å². The van der Waals surface area contributed by atoms with E-state index in [1.165, 1.54) is 66.8 Å². The molecule has 270 valence electrons. The number of aromatic nitrogens is 2. The molecule has 0 bridgehead atoms. The van der Waals surface area contributed by atoms with Crippen LogP contribution in [0.4, 0.5) is 0 Å². The second-order valence-electron chi connectivity index (χ2n) is 15.8. The summed E-state index contributed by atoms with van der Waals surface area (Å²) in [4.78, 5) is 61.8. The maximum Gasteiger partial charge on any atom is 0.292 e. The van der Waals surface area contributed by atoms with Gasteiger partial charge >= 0.3 is 0 Å². The first-order valence-electron chi connectivity index (χ1n) is 18.7. The number of carbonyl (C=O) groups excluding carboxylic acids is 3. The van der Waals surface area contributed by atoms with E-state index in [0.717, 1.165) is 52.2 Å². The van der Waals surface area contributed by atoms with Gasteiger partial charge in [-0.3, -0.25) is 14.4 Å². The molecule has 1 aliphatic heterocycles. The Balaban J connectivity index is 1.08. The molecular weight excluding hydrogens is 659 g/mol. The molecule has 1 aromatic carbocycles. The summed E-state index contributed by atoms with van der Waals surface area (Å²) in [5.74, 6) is 1.32. The Morgan fingerprint density at radius 2 is 1.65 bits per heavy atom. The predicted molar refractivity (Wildman–Crippen MR) is 202 cm³/mol. The third kappa shape index (κ3) is 8.88. The van der Waals surface area contributed by atoms with Crippen LogP contribution >= 0.6 is 11.3 Å². The van der Waals surface area contributed by atoms with Gasteiger partial charge in [-0.1, -0.05) is 83.7 Å². The number of hydrogen-bond acceptors (Lipinski definition) is 7. The number of hydrogen-bond donors (Lipinski definition) is 1. The van der Waals surface area contributed by atoms with Crippen molar-refractivity contribution in [1.29, 1.82) is 0 Å². The first kappa shape index (κ1) is 36.7. The summed E-state index contributed by atoms with van der Waals surface area (Å²) < 4.78 is 0. The Morgan fingerprint density at radius 3 is 2.24 bits per heavy atom. The highest BCUT2D eigenvalue weighted by Crippen LogP contribution is 2.42. The Hall–Kier alpha value is -4.05. The maximum absolute atomic E-state index is 13.6. The SMILES string of the molecule is CCCC1CCC(C2CC=C(c3cnc(-c4ccc(C[C@@H](NC(=O)c5ccc(C(C)(C)C)s5)C(=O)N5CC(C(=O)N=O)C5)cc4)nc3)CC2)CC1. The van der Waals surface area contributed by atoms with Gasteiger partial charge in [-0.25, -0.2) is 9.97 Å². The number of nitroso groups, excluding NO2 is 1. The van der Waals surface area contributed by atoms with Gasteiger partial charge in [0, 0.05) is 53.1 Å². The Morgan fingerprint density at radius 1 is 0.941 bits per heavy atom. The lowest BCUT2D eigenvalue weighted by Gasteiger charge is -2.39. The molecule has 2 aliphatic carbocycles. The van der Waals surface area contributed by atoms with Crippen LogP contribution in [0.25, 0.3) is 17.0 Å². The standard InChI is InChI=1S/C41H51N5O4S/c1-5-6-26-7-11-28(12-8-26)29-15-17-30(18-16-29)32-22-42-37(43-23-32)31-13-9-27(10-14-31)21-34(40(49)46-24-33(25-46)38(47)45-50)44-39(48)35-19-20-36(51-35)41(2,3)4/h9-10,13-14,17,19-20,22-23,26,28-29,33-34H,5-8,11-12,15-16,18,21,24-25H2,1-4H3,(H,44,48)/t26?,28?,29?,34-/m1/s1. The van der Waals surface area contributed by atoms with E-state index in [1.807, 2.05) is 42.7 Å². The number of nitrogens with zero attached hydrogens (tertiary/aromatic N) is 4. The molecule has 1 unspecified atom stereocenters. The zero-order valence-corrected chi connectivity index (χ0v) is 31.2. The van der Waals surface area contributed by atoms with Gasteiger partial charge in [0.2, 0.25) is 5.91 Å². The molecule has 3 aliphatic rings. The topological polar surface area (TPSA) is 122 Å². The molecule has 9 nitrogen and oxygen atoms in total. The Kier molecular flexibility index (Phi) is 11.6. The fourth-order valence-electron chi connectivity index (χ4n) is 7.97. The van der Waals surface area contributed by atoms with E-state index >= 15 is 0 Å². The largest absolute Gasteiger partial charge is 0.339 e. The van der Waals surface area contributed by atoms with Crippen LogP contribution in [0.3, 0.4) is 0 Å². The molecule has 3 aromatic rings. The number of amides is 3. The third-order valence-electron chi connectivity index (χ3n) is 11.2. The van der Waals surface area contributed by atoms with Gasteiger partial charge in [0.15, 0.2) is 5.82 Å². The summed E-state index contributed by atoms with van der Waals surface area (Å²) in [6.45, 7) is 8.82. The normalized spacial score (nSPS) is 21.7. The van der Waals surface area contributed by atoms with Crippen molar-refractivity contribution in [2.24, 2.45) is 28.8 Å². The van der Waals surface area contributed by atoms with Gasteiger partial charge in [-0.15, -0.1) is 16.2 Å². The summed E-state index contributed by atoms with van der Waals surface area (Å²) in [6.07, 6.45) is 18.4. The highest BCUT2D eigenvalue weighted by molar-refractivity contribution is 7.14. The fraction of sp³-hybridized carbons (Fsp3) is 0.537. The minimum Gasteiger partial charge on any atom is -0.339 e. The second-order valence-corrected chi connectivity index (χ2v) is 16.9. The number of benzene rings is 1. The van der Waals surface area contributed by atoms with Crippen LogP contribution in [-0.2, 0) is 21.4 Å². The highest BCUT2D eigenvalue weighted by atomic mass is 32.1. The van der Waals surface area contributed by atoms with Crippen molar-refractivity contribution in [3.05, 3.63) is 80.7 Å². The van der Waals surface area contributed by atoms with Crippen LogP contribution in [0, 0.1) is 28.6 Å². The van der Waals surface area contributed by atoms with Gasteiger partial charge in [0.1, 0.15) is 6.04 Å². The molecule has 51 heavy (non-hydrogen) atoms. The number of likely N-dealkylation sites (tertiary alicyclic amines) is 1. The molecule has 10 heteroatoms. The lowest BCUT2D eigenvalue weighted by molar-refractivity contribution is -0.143. The monoisotopic (exact) mass is 709 g/mol. The van der Waals surface area contributed by atoms with Crippen LogP contribution in [0.2, 0.25) is 0 Å². The number of thiophene rings is 1. The first-order valence-corrected chi connectivity index (χ1v) is 19.5. The summed E-state index contributed by atoms with van der Waals surface area (Å²) in [6, 6.07) is 10.6. The third-order valence-corrected chi connectivity index (χ3v) is 12.7. The maximum atomic E-state index is 13.6. The van der Waals surface area contributed by atoms with E-state index in [0.29, 0.717) is 10.7 Å². The summed E-state index contributed by atoms with van der Waals surface area (Å²) in [5, 5.41) is 5.45. The first-order chi connectivity index (χ1) is 24.5. The molecular formula is C41H51N5O4S. The molecule has 6 rings (SSSR count). The van der Waals surface area contributed by atoms with Crippen molar-refractivity contribution in [3.8, 4) is 11.4 Å². The number of carbonyl (C=O) groups is 3. The van der Waals surface area contributed by atoms with Crippen molar-refractivity contribution < 1.29 is 14.4 Å². The fourth-order valence-corrected chi connectivity index (χ4v) is 8.94. The zero-order valence-electron chi connectivity index (χ0n) is 30.4. The van der Waals surface area contributed by atoms with Crippen LogP contribution in [0.15, 0.2) is 60.0 Å². The molecule has 2 aromatic heterocycles. The van der Waals surface area contributed by atoms with Crippen molar-refractivity contribution in [1.82, 2.24) is 20.2 Å². The van der Waals surface area contributed by atoms with Crippen LogP contribution in [-0.4, -0.2) is 51.7 Å². The predicted octanol–water partition coefficient (Wildman–Crippen LogP) is 8.39. The van der Waals surface area contributed by atoms with Gasteiger partial charge in [-0.2, -0.15) is 0 Å². The van der Waals surface area contributed by atoms with E-state index in [9.17, 15) is 19.3 Å². The zero-order chi connectivity index (χ0) is 36.1. The molecule has 3 heterocycles. The van der Waals surface area contributed by atoms with Gasteiger partial charge in [0.05, 0.1) is 10.8 Å². The molecule has 3 amide bonds. The van der Waals surface area contributed by atoms with Crippen LogP contribution in [0.1, 0.15) is 111 Å². The van der Waals surface area contributed by atoms with E-state index in [4.69, 9.17) is 9.97 Å². The Bertz CT molecular complexity index is 1730. The van der Waals surface area contributed by atoms with Gasteiger partial charge in [0.25, 0.3) is 11.8 Å². The minimum absolute atomic E-state index is 0.0978.